The third-order valence-corrected chi connectivity index (χ3v) is 2.58. The zero-order valence-electron chi connectivity index (χ0n) is 10.6. The molecule has 1 rings (SSSR count). The van der Waals surface area contributed by atoms with Gasteiger partial charge in [-0.15, -0.1) is 0 Å². The van der Waals surface area contributed by atoms with E-state index in [1.165, 1.54) is 0 Å². The minimum atomic E-state index is -0.464. The lowest BCUT2D eigenvalue weighted by molar-refractivity contribution is -0.123. The Morgan fingerprint density at radius 1 is 1.50 bits per heavy atom. The van der Waals surface area contributed by atoms with E-state index in [1.54, 1.807) is 0 Å². The highest BCUT2D eigenvalue weighted by Gasteiger charge is 2.21. The van der Waals surface area contributed by atoms with E-state index in [2.05, 4.69) is 10.6 Å². The number of amides is 3. The van der Waals surface area contributed by atoms with Crippen LogP contribution in [0.2, 0.25) is 0 Å². The molecule has 1 fully saturated rings. The summed E-state index contributed by atoms with van der Waals surface area (Å²) in [5, 5.41) is 13.8. The van der Waals surface area contributed by atoms with Gasteiger partial charge in [0.15, 0.2) is 0 Å². The SMILES string of the molecule is CCCNC(=O)NC(=O)CN1CCOC(CO)C1. The molecule has 7 heteroatoms. The van der Waals surface area contributed by atoms with Crippen LogP contribution in [0.15, 0.2) is 0 Å². The molecule has 3 amide bonds. The van der Waals surface area contributed by atoms with E-state index in [9.17, 15) is 9.59 Å². The van der Waals surface area contributed by atoms with Gasteiger partial charge in [-0.1, -0.05) is 6.92 Å². The average Bonchev–Trinajstić information content (AvgIpc) is 2.36. The molecule has 1 atom stereocenters. The Morgan fingerprint density at radius 3 is 2.94 bits per heavy atom. The largest absolute Gasteiger partial charge is 0.394 e. The Morgan fingerprint density at radius 2 is 2.28 bits per heavy atom. The van der Waals surface area contributed by atoms with Crippen LogP contribution in [0.5, 0.6) is 0 Å². The molecule has 0 radical (unpaired) electrons. The fourth-order valence-corrected chi connectivity index (χ4v) is 1.69. The molecule has 18 heavy (non-hydrogen) atoms. The molecular weight excluding hydrogens is 238 g/mol. The molecule has 1 aliphatic heterocycles. The summed E-state index contributed by atoms with van der Waals surface area (Å²) in [5.41, 5.74) is 0. The van der Waals surface area contributed by atoms with Crippen LogP contribution in [-0.2, 0) is 9.53 Å². The number of morpholine rings is 1. The molecule has 0 saturated carbocycles. The van der Waals surface area contributed by atoms with Crippen molar-refractivity contribution in [2.24, 2.45) is 0 Å². The second kappa shape index (κ2) is 8.02. The van der Waals surface area contributed by atoms with Gasteiger partial charge in [-0.3, -0.25) is 15.0 Å². The molecule has 0 aromatic rings. The van der Waals surface area contributed by atoms with E-state index >= 15 is 0 Å². The number of ether oxygens (including phenoxy) is 1. The number of imide groups is 1. The zero-order valence-corrected chi connectivity index (χ0v) is 10.6. The minimum Gasteiger partial charge on any atom is -0.394 e. The third kappa shape index (κ3) is 5.44. The number of hydrogen-bond donors (Lipinski definition) is 3. The maximum absolute atomic E-state index is 11.6. The van der Waals surface area contributed by atoms with Gasteiger partial charge in [-0.25, -0.2) is 4.79 Å². The van der Waals surface area contributed by atoms with Crippen molar-refractivity contribution in [1.82, 2.24) is 15.5 Å². The third-order valence-electron chi connectivity index (χ3n) is 2.58. The van der Waals surface area contributed by atoms with Crippen molar-refractivity contribution in [2.45, 2.75) is 19.4 Å². The summed E-state index contributed by atoms with van der Waals surface area (Å²) < 4.78 is 5.27. The number of nitrogens with zero attached hydrogens (tertiary/aromatic N) is 1. The zero-order chi connectivity index (χ0) is 13.4. The van der Waals surface area contributed by atoms with E-state index < -0.39 is 6.03 Å². The summed E-state index contributed by atoms with van der Waals surface area (Å²) in [6.45, 7) is 4.17. The van der Waals surface area contributed by atoms with Gasteiger partial charge in [0.25, 0.3) is 0 Å². The second-order valence-electron chi connectivity index (χ2n) is 4.21. The van der Waals surface area contributed by atoms with Crippen molar-refractivity contribution >= 4 is 11.9 Å². The first-order valence-corrected chi connectivity index (χ1v) is 6.18. The first-order chi connectivity index (χ1) is 8.65. The summed E-state index contributed by atoms with van der Waals surface area (Å²) in [5.74, 6) is -0.345. The number of aliphatic hydroxyl groups excluding tert-OH is 1. The van der Waals surface area contributed by atoms with Gasteiger partial charge < -0.3 is 15.2 Å². The lowest BCUT2D eigenvalue weighted by Gasteiger charge is -2.31. The number of hydrogen-bond acceptors (Lipinski definition) is 5. The number of rotatable bonds is 5. The van der Waals surface area contributed by atoms with E-state index in [1.807, 2.05) is 11.8 Å². The minimum absolute atomic E-state index is 0.0604. The highest BCUT2D eigenvalue weighted by atomic mass is 16.5. The Balaban J connectivity index is 2.24. The summed E-state index contributed by atoms with van der Waals surface area (Å²) >= 11 is 0. The van der Waals surface area contributed by atoms with Crippen LogP contribution in [0, 0.1) is 0 Å². The number of carbonyl (C=O) groups excluding carboxylic acids is 2. The maximum Gasteiger partial charge on any atom is 0.321 e. The molecule has 104 valence electrons. The molecule has 0 aliphatic carbocycles. The van der Waals surface area contributed by atoms with Crippen LogP contribution in [0.25, 0.3) is 0 Å². The molecule has 3 N–H and O–H groups in total. The van der Waals surface area contributed by atoms with Gasteiger partial charge in [0, 0.05) is 19.6 Å². The number of carbonyl (C=O) groups is 2. The first kappa shape index (κ1) is 14.9. The molecule has 0 bridgehead atoms. The summed E-state index contributed by atoms with van der Waals surface area (Å²) in [6.07, 6.45) is 0.573. The standard InChI is InChI=1S/C11H21N3O4/c1-2-3-12-11(17)13-10(16)7-14-4-5-18-9(6-14)8-15/h9,15H,2-8H2,1H3,(H2,12,13,16,17). The number of nitrogens with one attached hydrogen (secondary N) is 2. The first-order valence-electron chi connectivity index (χ1n) is 6.18. The highest BCUT2D eigenvalue weighted by molar-refractivity contribution is 5.95. The average molecular weight is 259 g/mol. The van der Waals surface area contributed by atoms with E-state index in [0.29, 0.717) is 26.2 Å². The second-order valence-corrected chi connectivity index (χ2v) is 4.21. The predicted molar refractivity (Wildman–Crippen MR) is 65.1 cm³/mol. The van der Waals surface area contributed by atoms with Crippen LogP contribution in [0.4, 0.5) is 4.79 Å². The highest BCUT2D eigenvalue weighted by Crippen LogP contribution is 2.03. The molecule has 1 saturated heterocycles. The fourth-order valence-electron chi connectivity index (χ4n) is 1.69. The number of aliphatic hydroxyl groups is 1. The van der Waals surface area contributed by atoms with Crippen LogP contribution in [0.1, 0.15) is 13.3 Å². The fraction of sp³-hybridized carbons (Fsp3) is 0.818. The quantitative estimate of drug-likeness (QED) is 0.584. The smallest absolute Gasteiger partial charge is 0.321 e. The predicted octanol–water partition coefficient (Wildman–Crippen LogP) is -1.08. The molecule has 7 nitrogen and oxygen atoms in total. The Kier molecular flexibility index (Phi) is 6.63. The monoisotopic (exact) mass is 259 g/mol. The van der Waals surface area contributed by atoms with Crippen molar-refractivity contribution in [1.29, 1.82) is 0 Å². The van der Waals surface area contributed by atoms with Gasteiger partial charge in [-0.2, -0.15) is 0 Å². The lowest BCUT2D eigenvalue weighted by atomic mass is 10.3. The van der Waals surface area contributed by atoms with Crippen LogP contribution < -0.4 is 10.6 Å². The molecular formula is C11H21N3O4. The van der Waals surface area contributed by atoms with Crippen molar-refractivity contribution in [3.05, 3.63) is 0 Å². The van der Waals surface area contributed by atoms with Crippen molar-refractivity contribution < 1.29 is 19.4 Å². The Bertz CT molecular complexity index is 285. The van der Waals surface area contributed by atoms with Gasteiger partial charge in [0.05, 0.1) is 25.9 Å². The summed E-state index contributed by atoms with van der Waals surface area (Å²) in [4.78, 5) is 24.7. The molecule has 0 aromatic heterocycles. The van der Waals surface area contributed by atoms with Gasteiger partial charge >= 0.3 is 6.03 Å². The molecule has 1 aliphatic rings. The number of urea groups is 1. The van der Waals surface area contributed by atoms with Crippen LogP contribution in [-0.4, -0.2) is 67.4 Å². The van der Waals surface area contributed by atoms with Crippen molar-refractivity contribution in [3.63, 3.8) is 0 Å². The normalized spacial score (nSPS) is 20.4. The van der Waals surface area contributed by atoms with Crippen LogP contribution >= 0.6 is 0 Å². The molecule has 0 aromatic carbocycles. The van der Waals surface area contributed by atoms with Crippen molar-refractivity contribution in [3.8, 4) is 0 Å². The van der Waals surface area contributed by atoms with Crippen molar-refractivity contribution in [2.75, 3.05) is 39.4 Å². The summed E-state index contributed by atoms with van der Waals surface area (Å²) in [7, 11) is 0. The Hall–Kier alpha value is -1.18. The lowest BCUT2D eigenvalue weighted by Crippen LogP contribution is -2.50. The topological polar surface area (TPSA) is 90.9 Å². The van der Waals surface area contributed by atoms with Gasteiger partial charge in [0.2, 0.25) is 5.91 Å². The van der Waals surface area contributed by atoms with Gasteiger partial charge in [-0.05, 0) is 6.42 Å². The molecule has 1 unspecified atom stereocenters. The maximum atomic E-state index is 11.6. The molecule has 1 heterocycles. The summed E-state index contributed by atoms with van der Waals surface area (Å²) in [6, 6.07) is -0.464. The van der Waals surface area contributed by atoms with E-state index in [-0.39, 0.29) is 25.2 Å². The van der Waals surface area contributed by atoms with Gasteiger partial charge in [0.1, 0.15) is 0 Å². The molecule has 0 spiro atoms. The Labute approximate surface area is 106 Å². The van der Waals surface area contributed by atoms with Crippen LogP contribution in [0.3, 0.4) is 0 Å². The van der Waals surface area contributed by atoms with E-state index in [4.69, 9.17) is 9.84 Å². The van der Waals surface area contributed by atoms with E-state index in [0.717, 1.165) is 6.42 Å².